The molecule has 0 aliphatic heterocycles. The van der Waals surface area contributed by atoms with Gasteiger partial charge < -0.3 is 36.0 Å². The van der Waals surface area contributed by atoms with Gasteiger partial charge in [0.1, 0.15) is 5.82 Å². The Morgan fingerprint density at radius 3 is 2.20 bits per heavy atom. The maximum absolute atomic E-state index is 13.4. The molecular weight excluding hydrogens is 831 g/mol. The first-order chi connectivity index (χ1) is 31.8. The maximum Gasteiger partial charge on any atom is 0.305 e. The number of esters is 1. The van der Waals surface area contributed by atoms with Crippen LogP contribution in [0.25, 0.3) is 0 Å². The smallest absolute Gasteiger partial charge is 0.305 e. The molecule has 0 radical (unpaired) electrons. The Balaban J connectivity index is 0.866. The van der Waals surface area contributed by atoms with Crippen molar-refractivity contribution < 1.29 is 34.4 Å². The average Bonchev–Trinajstić information content (AvgIpc) is 3.70. The third kappa shape index (κ3) is 9.78. The van der Waals surface area contributed by atoms with Crippen LogP contribution in [-0.2, 0) is 19.1 Å². The van der Waals surface area contributed by atoms with Crippen LogP contribution in [-0.4, -0.2) is 68.4 Å². The molecule has 14 atom stereocenters. The number of pyridine rings is 2. The highest BCUT2D eigenvalue weighted by Gasteiger charge is 2.65. The molecular formula is C54H69N5O7. The number of methoxy groups -OCH3 is 1. The maximum atomic E-state index is 13.4. The van der Waals surface area contributed by atoms with E-state index in [4.69, 9.17) is 4.74 Å². The standard InChI is InChI=1S/C54H69N5O7/c1-33(16-25-48(64)66-4)39-21-22-40-49-41(32-44(61)54(39,40)3)53(2)27-26-38(30-36(53)31-43(49)60)58-47(63)24-23-46(62)57-37-19-17-34(18-20-37)51(59-45-15-9-11-29-56-45)50(42-14-8-10-28-55-42)52(65)35-12-6-5-7-13-35/h5-15,17-20,28-29,33,36,38-41,43-44,49-52,60-61,65H,16,21-27,30-32H2,1-4H3,(H,56,59)(H,57,62)(H,58,63)/t33?,36?,38?,39?,40?,41?,43-,44+,49?,50?,51?,52?,53+,54-/m1/s1. The number of fused-ring (bicyclic) bond motifs is 5. The van der Waals surface area contributed by atoms with Crippen molar-refractivity contribution in [2.24, 2.45) is 46.3 Å². The van der Waals surface area contributed by atoms with Gasteiger partial charge >= 0.3 is 5.97 Å². The number of carbonyl (C=O) groups excluding carboxylic acids is 3. The van der Waals surface area contributed by atoms with Crippen molar-refractivity contribution in [3.05, 3.63) is 120 Å². The number of hydrogen-bond donors (Lipinski definition) is 6. The zero-order valence-electron chi connectivity index (χ0n) is 38.9. The second kappa shape index (κ2) is 20.4. The molecule has 4 fully saturated rings. The van der Waals surface area contributed by atoms with Crippen molar-refractivity contribution in [2.75, 3.05) is 17.7 Å². The van der Waals surface area contributed by atoms with Crippen LogP contribution in [0.5, 0.6) is 0 Å². The van der Waals surface area contributed by atoms with E-state index < -0.39 is 30.3 Å². The molecule has 0 spiro atoms. The molecule has 2 heterocycles. The van der Waals surface area contributed by atoms with E-state index in [1.807, 2.05) is 91.0 Å². The van der Waals surface area contributed by atoms with Gasteiger partial charge in [0, 0.05) is 49.1 Å². The number of ether oxygens (including phenoxy) is 1. The molecule has 4 saturated carbocycles. The predicted octanol–water partition coefficient (Wildman–Crippen LogP) is 8.54. The van der Waals surface area contributed by atoms with Crippen LogP contribution >= 0.6 is 0 Å². The molecule has 0 bridgehead atoms. The van der Waals surface area contributed by atoms with Crippen molar-refractivity contribution in [2.45, 2.75) is 128 Å². The minimum Gasteiger partial charge on any atom is -0.469 e. The molecule has 10 unspecified atom stereocenters. The Hall–Kier alpha value is -5.17. The highest BCUT2D eigenvalue weighted by atomic mass is 16.5. The van der Waals surface area contributed by atoms with E-state index in [1.54, 1.807) is 12.4 Å². The summed E-state index contributed by atoms with van der Waals surface area (Å²) in [6.07, 6.45) is 8.62. The van der Waals surface area contributed by atoms with Crippen LogP contribution in [0, 0.1) is 46.3 Å². The molecule has 12 heteroatoms. The number of nitrogens with one attached hydrogen (secondary N) is 3. The number of anilines is 2. The molecule has 2 amide bonds. The number of benzene rings is 2. The predicted molar refractivity (Wildman–Crippen MR) is 254 cm³/mol. The van der Waals surface area contributed by atoms with Crippen molar-refractivity contribution >= 4 is 29.3 Å². The fourth-order valence-electron chi connectivity index (χ4n) is 13.4. The number of rotatable bonds is 16. The fourth-order valence-corrected chi connectivity index (χ4v) is 13.4. The lowest BCUT2D eigenvalue weighted by atomic mass is 9.43. The van der Waals surface area contributed by atoms with E-state index in [-0.39, 0.29) is 83.0 Å². The second-order valence-electron chi connectivity index (χ2n) is 20.4. The lowest BCUT2D eigenvalue weighted by molar-refractivity contribution is -0.202. The number of aliphatic hydroxyl groups excluding tert-OH is 3. The molecule has 2 aromatic carbocycles. The van der Waals surface area contributed by atoms with Gasteiger partial charge in [0.2, 0.25) is 11.8 Å². The topological polar surface area (TPSA) is 183 Å². The van der Waals surface area contributed by atoms with E-state index in [0.717, 1.165) is 49.7 Å². The number of amides is 2. The number of aliphatic hydroxyl groups is 3. The van der Waals surface area contributed by atoms with E-state index >= 15 is 0 Å². The minimum absolute atomic E-state index is 0.0269. The highest BCUT2D eigenvalue weighted by Crippen LogP contribution is 2.68. The Labute approximate surface area is 389 Å². The van der Waals surface area contributed by atoms with E-state index in [1.165, 1.54) is 7.11 Å². The first kappa shape index (κ1) is 47.3. The number of carbonyl (C=O) groups is 3. The lowest BCUT2D eigenvalue weighted by Crippen LogP contribution is -2.63. The summed E-state index contributed by atoms with van der Waals surface area (Å²) in [5, 5.41) is 45.6. The largest absolute Gasteiger partial charge is 0.469 e. The average molecular weight is 900 g/mol. The fraction of sp³-hybridized carbons (Fsp3) is 0.537. The first-order valence-corrected chi connectivity index (χ1v) is 24.2. The second-order valence-corrected chi connectivity index (χ2v) is 20.4. The van der Waals surface area contributed by atoms with Gasteiger partial charge in [0.25, 0.3) is 0 Å². The molecule has 4 aliphatic rings. The summed E-state index contributed by atoms with van der Waals surface area (Å²) in [6, 6.07) is 27.8. The van der Waals surface area contributed by atoms with Gasteiger partial charge in [0.05, 0.1) is 37.4 Å². The Morgan fingerprint density at radius 1 is 0.788 bits per heavy atom. The Kier molecular flexibility index (Phi) is 14.6. The molecule has 12 nitrogen and oxygen atoms in total. The summed E-state index contributed by atoms with van der Waals surface area (Å²) in [7, 11) is 1.43. The van der Waals surface area contributed by atoms with E-state index in [2.05, 4.69) is 46.7 Å². The van der Waals surface area contributed by atoms with Crippen LogP contribution in [0.3, 0.4) is 0 Å². The van der Waals surface area contributed by atoms with Crippen molar-refractivity contribution in [3.63, 3.8) is 0 Å². The summed E-state index contributed by atoms with van der Waals surface area (Å²) < 4.78 is 4.91. The van der Waals surface area contributed by atoms with E-state index in [9.17, 15) is 29.7 Å². The van der Waals surface area contributed by atoms with Crippen molar-refractivity contribution in [1.82, 2.24) is 15.3 Å². The quantitative estimate of drug-likeness (QED) is 0.0596. The molecule has 2 aromatic heterocycles. The van der Waals surface area contributed by atoms with Crippen LogP contribution in [0.15, 0.2) is 103 Å². The van der Waals surface area contributed by atoms with E-state index in [0.29, 0.717) is 36.5 Å². The summed E-state index contributed by atoms with van der Waals surface area (Å²) in [5.74, 6) is 0.820. The summed E-state index contributed by atoms with van der Waals surface area (Å²) in [5.41, 5.74) is 2.56. The van der Waals surface area contributed by atoms with Crippen LogP contribution in [0.4, 0.5) is 11.5 Å². The van der Waals surface area contributed by atoms with Gasteiger partial charge in [-0.3, -0.25) is 19.4 Å². The summed E-state index contributed by atoms with van der Waals surface area (Å²) >= 11 is 0. The number of hydrogen-bond acceptors (Lipinski definition) is 10. The number of aromatic nitrogens is 2. The zero-order chi connectivity index (χ0) is 46.6. The molecule has 66 heavy (non-hydrogen) atoms. The molecule has 8 rings (SSSR count). The van der Waals surface area contributed by atoms with Gasteiger partial charge in [-0.2, -0.15) is 0 Å². The third-order valence-electron chi connectivity index (χ3n) is 16.9. The van der Waals surface area contributed by atoms with Gasteiger partial charge in [-0.25, -0.2) is 4.98 Å². The van der Waals surface area contributed by atoms with Crippen LogP contribution < -0.4 is 16.0 Å². The van der Waals surface area contributed by atoms with Gasteiger partial charge in [-0.1, -0.05) is 75.4 Å². The monoisotopic (exact) mass is 900 g/mol. The number of nitrogens with zero attached hydrogens (tertiary/aromatic N) is 2. The van der Waals surface area contributed by atoms with Gasteiger partial charge in [-0.15, -0.1) is 0 Å². The molecule has 6 N–H and O–H groups in total. The Morgan fingerprint density at radius 2 is 1.50 bits per heavy atom. The molecule has 0 saturated heterocycles. The van der Waals surface area contributed by atoms with Gasteiger partial charge in [0.15, 0.2) is 0 Å². The van der Waals surface area contributed by atoms with Crippen molar-refractivity contribution in [1.29, 1.82) is 0 Å². The van der Waals surface area contributed by atoms with Crippen molar-refractivity contribution in [3.8, 4) is 0 Å². The minimum atomic E-state index is -0.905. The third-order valence-corrected chi connectivity index (χ3v) is 16.9. The zero-order valence-corrected chi connectivity index (χ0v) is 38.9. The van der Waals surface area contributed by atoms with Crippen LogP contribution in [0.2, 0.25) is 0 Å². The normalized spacial score (nSPS) is 30.8. The lowest BCUT2D eigenvalue weighted by Gasteiger charge is -2.63. The molecule has 352 valence electrons. The molecule has 4 aromatic rings. The van der Waals surface area contributed by atoms with Gasteiger partial charge in [-0.05, 0) is 145 Å². The summed E-state index contributed by atoms with van der Waals surface area (Å²) in [4.78, 5) is 47.8. The van der Waals surface area contributed by atoms with Crippen LogP contribution in [0.1, 0.15) is 126 Å². The highest BCUT2D eigenvalue weighted by molar-refractivity contribution is 5.93. The molecule has 4 aliphatic carbocycles. The SMILES string of the molecule is COC(=O)CCC(C)C1CCC2C3C(C[C@H](O)[C@]12C)[C@@]1(C)CCC(NC(=O)CCC(=O)Nc2ccc(C(Nc4ccccn4)C(c4ccccn4)C(O)c4ccccc4)cc2)CC1C[C@H]3O. The summed E-state index contributed by atoms with van der Waals surface area (Å²) in [6.45, 7) is 6.81. The Bertz CT molecular complexity index is 2250. The first-order valence-electron chi connectivity index (χ1n) is 24.2.